The van der Waals surface area contributed by atoms with Gasteiger partial charge in [0.1, 0.15) is 12.6 Å². The fraction of sp³-hybridized carbons (Fsp3) is 0.440. The Kier molecular flexibility index (Phi) is 9.62. The van der Waals surface area contributed by atoms with Crippen LogP contribution in [-0.4, -0.2) is 49.5 Å². The van der Waals surface area contributed by atoms with Crippen molar-refractivity contribution in [1.82, 2.24) is 10.2 Å². The molecule has 0 saturated carbocycles. The zero-order valence-corrected chi connectivity index (χ0v) is 23.3. The van der Waals surface area contributed by atoms with Crippen LogP contribution in [0.15, 0.2) is 42.5 Å². The van der Waals surface area contributed by atoms with Crippen molar-refractivity contribution < 1.29 is 18.0 Å². The average molecular weight is 543 g/mol. The summed E-state index contributed by atoms with van der Waals surface area (Å²) in [6.45, 7) is 8.56. The average Bonchev–Trinajstić information content (AvgIpc) is 2.72. The predicted molar refractivity (Wildman–Crippen MR) is 142 cm³/mol. The lowest BCUT2D eigenvalue weighted by molar-refractivity contribution is -0.141. The van der Waals surface area contributed by atoms with Crippen LogP contribution in [0.5, 0.6) is 0 Å². The second-order valence-electron chi connectivity index (χ2n) is 9.44. The standard InChI is InChI=1S/C25H33Cl2N3O4S/c1-7-21(24(32)28-25(3,4)5)29(15-18-19(26)12-10-13-20(18)27)23(31)16-30(35(6,33)34)22-14-9-8-11-17(22)2/h8-14,21H,7,15-16H2,1-6H3,(H,28,32)/t21-/m1/s1. The third-order valence-corrected chi connectivity index (χ3v) is 7.17. The quantitative estimate of drug-likeness (QED) is 0.494. The van der Waals surface area contributed by atoms with Crippen LogP contribution >= 0.6 is 23.2 Å². The summed E-state index contributed by atoms with van der Waals surface area (Å²) in [5, 5.41) is 3.61. The molecule has 2 rings (SSSR count). The highest BCUT2D eigenvalue weighted by Gasteiger charge is 2.34. The van der Waals surface area contributed by atoms with Gasteiger partial charge in [0.2, 0.25) is 21.8 Å². The third-order valence-electron chi connectivity index (χ3n) is 5.34. The Hall–Kier alpha value is -2.29. The van der Waals surface area contributed by atoms with Crippen molar-refractivity contribution in [1.29, 1.82) is 0 Å². The lowest BCUT2D eigenvalue weighted by Crippen LogP contribution is -2.55. The number of halogens is 2. The first kappa shape index (κ1) is 28.9. The zero-order valence-electron chi connectivity index (χ0n) is 20.9. The van der Waals surface area contributed by atoms with Crippen LogP contribution in [0.2, 0.25) is 10.0 Å². The number of sulfonamides is 1. The van der Waals surface area contributed by atoms with Crippen LogP contribution in [0.3, 0.4) is 0 Å². The Morgan fingerprint density at radius 1 is 1.03 bits per heavy atom. The van der Waals surface area contributed by atoms with E-state index in [1.807, 2.05) is 20.8 Å². The second kappa shape index (κ2) is 11.6. The van der Waals surface area contributed by atoms with Crippen LogP contribution in [0.25, 0.3) is 0 Å². The number of aryl methyl sites for hydroxylation is 1. The molecule has 0 aromatic heterocycles. The molecular formula is C25H33Cl2N3O4S. The summed E-state index contributed by atoms with van der Waals surface area (Å²) >= 11 is 12.8. The number of nitrogens with zero attached hydrogens (tertiary/aromatic N) is 2. The highest BCUT2D eigenvalue weighted by atomic mass is 35.5. The first-order chi connectivity index (χ1) is 16.2. The van der Waals surface area contributed by atoms with Gasteiger partial charge in [-0.1, -0.05) is 54.4 Å². The molecule has 2 amide bonds. The molecule has 0 aliphatic carbocycles. The van der Waals surface area contributed by atoms with Gasteiger partial charge < -0.3 is 10.2 Å². The number of amides is 2. The van der Waals surface area contributed by atoms with Crippen LogP contribution in [0.4, 0.5) is 5.69 Å². The van der Waals surface area contributed by atoms with E-state index >= 15 is 0 Å². The van der Waals surface area contributed by atoms with Gasteiger partial charge in [0.05, 0.1) is 11.9 Å². The van der Waals surface area contributed by atoms with Crippen molar-refractivity contribution in [2.45, 2.75) is 59.2 Å². The van der Waals surface area contributed by atoms with Gasteiger partial charge in [-0.05, 0) is 57.9 Å². The van der Waals surface area contributed by atoms with Gasteiger partial charge in [-0.25, -0.2) is 8.42 Å². The molecule has 0 spiro atoms. The summed E-state index contributed by atoms with van der Waals surface area (Å²) in [7, 11) is -3.81. The smallest absolute Gasteiger partial charge is 0.244 e. The minimum absolute atomic E-state index is 0.0568. The van der Waals surface area contributed by atoms with E-state index < -0.39 is 34.1 Å². The van der Waals surface area contributed by atoms with Gasteiger partial charge in [-0.15, -0.1) is 0 Å². The number of benzene rings is 2. The third kappa shape index (κ3) is 7.85. The van der Waals surface area contributed by atoms with Gasteiger partial charge in [-0.2, -0.15) is 0 Å². The van der Waals surface area contributed by atoms with Crippen LogP contribution in [0, 0.1) is 6.92 Å². The highest BCUT2D eigenvalue weighted by Crippen LogP contribution is 2.28. The lowest BCUT2D eigenvalue weighted by atomic mass is 10.1. The van der Waals surface area contributed by atoms with Gasteiger partial charge >= 0.3 is 0 Å². The molecule has 0 bridgehead atoms. The van der Waals surface area contributed by atoms with E-state index in [4.69, 9.17) is 23.2 Å². The van der Waals surface area contributed by atoms with Crippen molar-refractivity contribution in [3.8, 4) is 0 Å². The summed E-state index contributed by atoms with van der Waals surface area (Å²) < 4.78 is 26.5. The molecule has 2 aromatic rings. The Labute approximate surface area is 218 Å². The van der Waals surface area contributed by atoms with Crippen LogP contribution < -0.4 is 9.62 Å². The normalized spacial score (nSPS) is 12.7. The van der Waals surface area contributed by atoms with E-state index in [0.717, 1.165) is 10.6 Å². The van der Waals surface area contributed by atoms with Crippen molar-refractivity contribution in [3.05, 3.63) is 63.6 Å². The van der Waals surface area contributed by atoms with Crippen molar-refractivity contribution >= 4 is 50.7 Å². The van der Waals surface area contributed by atoms with Gasteiger partial charge in [-0.3, -0.25) is 13.9 Å². The number of carbonyl (C=O) groups is 2. The minimum atomic E-state index is -3.81. The predicted octanol–water partition coefficient (Wildman–Crippen LogP) is 4.79. The molecule has 1 atom stereocenters. The van der Waals surface area contributed by atoms with E-state index in [0.29, 0.717) is 33.3 Å². The van der Waals surface area contributed by atoms with E-state index in [9.17, 15) is 18.0 Å². The molecular weight excluding hydrogens is 509 g/mol. The number of hydrogen-bond acceptors (Lipinski definition) is 4. The molecule has 0 aliphatic rings. The maximum Gasteiger partial charge on any atom is 0.244 e. The first-order valence-electron chi connectivity index (χ1n) is 11.2. The van der Waals surface area contributed by atoms with Gasteiger partial charge in [0.15, 0.2) is 0 Å². The largest absolute Gasteiger partial charge is 0.350 e. The summed E-state index contributed by atoms with van der Waals surface area (Å²) in [5.41, 5.74) is 1.05. The van der Waals surface area contributed by atoms with E-state index in [-0.39, 0.29) is 12.5 Å². The summed E-state index contributed by atoms with van der Waals surface area (Å²) in [4.78, 5) is 28.3. The van der Waals surface area contributed by atoms with E-state index in [2.05, 4.69) is 5.32 Å². The molecule has 0 aliphatic heterocycles. The SMILES string of the molecule is CC[C@H](C(=O)NC(C)(C)C)N(Cc1c(Cl)cccc1Cl)C(=O)CN(c1ccccc1C)S(C)(=O)=O. The fourth-order valence-corrected chi connectivity index (χ4v) is 5.09. The Balaban J connectivity index is 2.54. The zero-order chi connectivity index (χ0) is 26.6. The van der Waals surface area contributed by atoms with Crippen LogP contribution in [0.1, 0.15) is 45.2 Å². The van der Waals surface area contributed by atoms with Crippen LogP contribution in [-0.2, 0) is 26.2 Å². The Bertz CT molecular complexity index is 1160. The molecule has 0 heterocycles. The number of rotatable bonds is 9. The molecule has 0 saturated heterocycles. The molecule has 7 nitrogen and oxygen atoms in total. The first-order valence-corrected chi connectivity index (χ1v) is 13.8. The molecule has 0 unspecified atom stereocenters. The monoisotopic (exact) mass is 541 g/mol. The van der Waals surface area contributed by atoms with Gasteiger partial charge in [0.25, 0.3) is 0 Å². The lowest BCUT2D eigenvalue weighted by Gasteiger charge is -2.35. The maximum atomic E-state index is 13.7. The van der Waals surface area contributed by atoms with Gasteiger partial charge in [0, 0.05) is 27.7 Å². The molecule has 192 valence electrons. The minimum Gasteiger partial charge on any atom is -0.350 e. The molecule has 35 heavy (non-hydrogen) atoms. The molecule has 0 radical (unpaired) electrons. The topological polar surface area (TPSA) is 86.8 Å². The molecule has 2 aromatic carbocycles. The maximum absolute atomic E-state index is 13.7. The number of para-hydroxylation sites is 1. The highest BCUT2D eigenvalue weighted by molar-refractivity contribution is 7.92. The Morgan fingerprint density at radius 2 is 1.60 bits per heavy atom. The number of hydrogen-bond donors (Lipinski definition) is 1. The van der Waals surface area contributed by atoms with Crippen molar-refractivity contribution in [2.24, 2.45) is 0 Å². The van der Waals surface area contributed by atoms with E-state index in [1.165, 1.54) is 4.90 Å². The summed E-state index contributed by atoms with van der Waals surface area (Å²) in [5.74, 6) is -0.899. The Morgan fingerprint density at radius 3 is 2.09 bits per heavy atom. The second-order valence-corrected chi connectivity index (χ2v) is 12.2. The van der Waals surface area contributed by atoms with Crippen molar-refractivity contribution in [2.75, 3.05) is 17.1 Å². The molecule has 0 fully saturated rings. The molecule has 10 heteroatoms. The summed E-state index contributed by atoms with van der Waals surface area (Å²) in [6, 6.07) is 11.0. The van der Waals surface area contributed by atoms with Crippen molar-refractivity contribution in [3.63, 3.8) is 0 Å². The number of nitrogens with one attached hydrogen (secondary N) is 1. The number of carbonyl (C=O) groups excluding carboxylic acids is 2. The fourth-order valence-electron chi connectivity index (χ4n) is 3.66. The number of anilines is 1. The molecule has 1 N–H and O–H groups in total. The van der Waals surface area contributed by atoms with E-state index in [1.54, 1.807) is 56.3 Å². The summed E-state index contributed by atoms with van der Waals surface area (Å²) in [6.07, 6.45) is 1.35.